The summed E-state index contributed by atoms with van der Waals surface area (Å²) in [6.07, 6.45) is 0. The topological polar surface area (TPSA) is 48.2 Å². The molecule has 2 aromatic carbocycles. The molecular weight excluding hydrogens is 320 g/mol. The summed E-state index contributed by atoms with van der Waals surface area (Å²) in [4.78, 5) is 4.42. The Balaban J connectivity index is 2.02. The number of ether oxygens (including phenoxy) is 1. The second kappa shape index (κ2) is 5.46. The van der Waals surface area contributed by atoms with Crippen molar-refractivity contribution >= 4 is 15.9 Å². The van der Waals surface area contributed by atoms with Crippen molar-refractivity contribution in [1.82, 2.24) is 10.1 Å². The lowest BCUT2D eigenvalue weighted by atomic mass is 10.2. The van der Waals surface area contributed by atoms with Crippen molar-refractivity contribution < 1.29 is 9.26 Å². The predicted octanol–water partition coefficient (Wildman–Crippen LogP) is 4.17. The first kappa shape index (κ1) is 12.9. The third-order valence-corrected chi connectivity index (χ3v) is 3.55. The largest absolute Gasteiger partial charge is 0.497 e. The number of hydrogen-bond donors (Lipinski definition) is 0. The Labute approximate surface area is 124 Å². The Morgan fingerprint density at radius 2 is 1.90 bits per heavy atom. The smallest absolute Gasteiger partial charge is 0.259 e. The van der Waals surface area contributed by atoms with Gasteiger partial charge in [-0.25, -0.2) is 0 Å². The Kier molecular flexibility index (Phi) is 3.52. The minimum absolute atomic E-state index is 0.453. The molecule has 0 radical (unpaired) electrons. The van der Waals surface area contributed by atoms with E-state index in [-0.39, 0.29) is 0 Å². The van der Waals surface area contributed by atoms with Gasteiger partial charge in [0.1, 0.15) is 5.75 Å². The zero-order valence-electron chi connectivity index (χ0n) is 10.7. The molecule has 0 atom stereocenters. The maximum Gasteiger partial charge on any atom is 0.259 e. The van der Waals surface area contributed by atoms with Gasteiger partial charge >= 0.3 is 0 Å². The van der Waals surface area contributed by atoms with E-state index in [1.165, 1.54) is 0 Å². The zero-order valence-corrected chi connectivity index (χ0v) is 12.3. The van der Waals surface area contributed by atoms with Crippen molar-refractivity contribution in [2.24, 2.45) is 0 Å². The fourth-order valence-electron chi connectivity index (χ4n) is 1.83. The van der Waals surface area contributed by atoms with Crippen LogP contribution in [0.5, 0.6) is 5.75 Å². The first-order chi connectivity index (χ1) is 9.78. The highest BCUT2D eigenvalue weighted by atomic mass is 79.9. The van der Waals surface area contributed by atoms with Gasteiger partial charge < -0.3 is 9.26 Å². The van der Waals surface area contributed by atoms with Gasteiger partial charge in [0, 0.05) is 10.0 Å². The van der Waals surface area contributed by atoms with E-state index >= 15 is 0 Å². The third kappa shape index (κ3) is 2.44. The van der Waals surface area contributed by atoms with Crippen LogP contribution in [0.25, 0.3) is 22.8 Å². The summed E-state index contributed by atoms with van der Waals surface area (Å²) in [6, 6.07) is 15.3. The van der Waals surface area contributed by atoms with E-state index in [9.17, 15) is 0 Å². The van der Waals surface area contributed by atoms with Gasteiger partial charge in [-0.1, -0.05) is 35.5 Å². The highest BCUT2D eigenvalue weighted by molar-refractivity contribution is 9.10. The fraction of sp³-hybridized carbons (Fsp3) is 0.0667. The lowest BCUT2D eigenvalue weighted by Crippen LogP contribution is -1.86. The molecule has 0 saturated heterocycles. The number of halogens is 1. The highest BCUT2D eigenvalue weighted by Gasteiger charge is 2.14. The molecule has 0 bridgehead atoms. The number of nitrogens with zero attached hydrogens (tertiary/aromatic N) is 2. The van der Waals surface area contributed by atoms with Gasteiger partial charge in [-0.15, -0.1) is 0 Å². The van der Waals surface area contributed by atoms with Crippen molar-refractivity contribution in [2.75, 3.05) is 7.11 Å². The Morgan fingerprint density at radius 1 is 1.10 bits per heavy atom. The van der Waals surface area contributed by atoms with Crippen molar-refractivity contribution in [2.45, 2.75) is 0 Å². The Hall–Kier alpha value is -2.14. The molecule has 0 unspecified atom stereocenters. The van der Waals surface area contributed by atoms with E-state index in [0.717, 1.165) is 21.3 Å². The van der Waals surface area contributed by atoms with Gasteiger partial charge in [0.25, 0.3) is 5.89 Å². The molecule has 0 aliphatic carbocycles. The molecule has 3 rings (SSSR count). The van der Waals surface area contributed by atoms with E-state index in [1.807, 2.05) is 48.5 Å². The molecule has 20 heavy (non-hydrogen) atoms. The van der Waals surface area contributed by atoms with E-state index in [1.54, 1.807) is 7.11 Å². The molecule has 0 aliphatic heterocycles. The van der Waals surface area contributed by atoms with Crippen molar-refractivity contribution in [3.63, 3.8) is 0 Å². The Bertz CT molecular complexity index is 726. The van der Waals surface area contributed by atoms with Crippen molar-refractivity contribution in [3.8, 4) is 28.6 Å². The first-order valence-corrected chi connectivity index (χ1v) is 6.80. The lowest BCUT2D eigenvalue weighted by molar-refractivity contribution is 0.413. The van der Waals surface area contributed by atoms with Gasteiger partial charge in [0.2, 0.25) is 5.82 Å². The Morgan fingerprint density at radius 3 is 2.65 bits per heavy atom. The molecule has 0 amide bonds. The van der Waals surface area contributed by atoms with Gasteiger partial charge in [0.15, 0.2) is 0 Å². The number of benzene rings is 2. The van der Waals surface area contributed by atoms with Crippen LogP contribution in [0.15, 0.2) is 57.5 Å². The van der Waals surface area contributed by atoms with Crippen LogP contribution < -0.4 is 4.74 Å². The van der Waals surface area contributed by atoms with Crippen LogP contribution in [0.3, 0.4) is 0 Å². The normalized spacial score (nSPS) is 10.5. The molecule has 100 valence electrons. The molecule has 3 aromatic rings. The summed E-state index contributed by atoms with van der Waals surface area (Å²) in [5.41, 5.74) is 1.72. The molecule has 0 saturated carbocycles. The van der Waals surface area contributed by atoms with Gasteiger partial charge in [-0.2, -0.15) is 4.98 Å². The highest BCUT2D eigenvalue weighted by Crippen LogP contribution is 2.31. The third-order valence-electron chi connectivity index (χ3n) is 2.86. The maximum atomic E-state index is 5.34. The van der Waals surface area contributed by atoms with Crippen LogP contribution in [-0.4, -0.2) is 17.3 Å². The van der Waals surface area contributed by atoms with E-state index < -0.39 is 0 Å². The predicted molar refractivity (Wildman–Crippen MR) is 79.4 cm³/mol. The zero-order chi connectivity index (χ0) is 13.9. The van der Waals surface area contributed by atoms with Crippen LogP contribution in [0.1, 0.15) is 0 Å². The summed E-state index contributed by atoms with van der Waals surface area (Å²) in [5, 5.41) is 4.01. The molecule has 0 N–H and O–H groups in total. The summed E-state index contributed by atoms with van der Waals surface area (Å²) < 4.78 is 11.4. The number of methoxy groups -OCH3 is 1. The summed E-state index contributed by atoms with van der Waals surface area (Å²) in [5.74, 6) is 1.76. The van der Waals surface area contributed by atoms with E-state index in [0.29, 0.717) is 11.7 Å². The maximum absolute atomic E-state index is 5.34. The molecule has 1 aromatic heterocycles. The molecule has 1 heterocycles. The average molecular weight is 331 g/mol. The minimum atomic E-state index is 0.453. The molecule has 0 fully saturated rings. The van der Waals surface area contributed by atoms with Gasteiger partial charge in [0.05, 0.1) is 12.7 Å². The quantitative estimate of drug-likeness (QED) is 0.723. The van der Waals surface area contributed by atoms with Crippen LogP contribution in [-0.2, 0) is 0 Å². The monoisotopic (exact) mass is 330 g/mol. The van der Waals surface area contributed by atoms with Crippen LogP contribution in [0.4, 0.5) is 0 Å². The fourth-order valence-corrected chi connectivity index (χ4v) is 2.25. The minimum Gasteiger partial charge on any atom is -0.497 e. The molecule has 5 heteroatoms. The van der Waals surface area contributed by atoms with Gasteiger partial charge in [-0.05, 0) is 34.1 Å². The van der Waals surface area contributed by atoms with Crippen molar-refractivity contribution in [1.29, 1.82) is 0 Å². The summed E-state index contributed by atoms with van der Waals surface area (Å²) in [6.45, 7) is 0. The standard InChI is InChI=1S/C15H11BrN2O2/c1-19-11-7-8-13(16)12(9-11)15-17-14(18-20-15)10-5-3-2-4-6-10/h2-9H,1H3. The van der Waals surface area contributed by atoms with Crippen LogP contribution >= 0.6 is 15.9 Å². The summed E-state index contributed by atoms with van der Waals surface area (Å²) in [7, 11) is 1.62. The summed E-state index contributed by atoms with van der Waals surface area (Å²) >= 11 is 3.48. The first-order valence-electron chi connectivity index (χ1n) is 6.01. The molecule has 4 nitrogen and oxygen atoms in total. The average Bonchev–Trinajstić information content (AvgIpc) is 2.98. The number of rotatable bonds is 3. The van der Waals surface area contributed by atoms with Crippen molar-refractivity contribution in [3.05, 3.63) is 53.0 Å². The second-order valence-corrected chi connectivity index (χ2v) is 4.99. The molecule has 0 aliphatic rings. The van der Waals surface area contributed by atoms with E-state index in [2.05, 4.69) is 26.1 Å². The van der Waals surface area contributed by atoms with Gasteiger partial charge in [-0.3, -0.25) is 0 Å². The second-order valence-electron chi connectivity index (χ2n) is 4.13. The lowest BCUT2D eigenvalue weighted by Gasteiger charge is -2.02. The molecule has 0 spiro atoms. The molecular formula is C15H11BrN2O2. The number of hydrogen-bond acceptors (Lipinski definition) is 4. The van der Waals surface area contributed by atoms with Crippen LogP contribution in [0, 0.1) is 0 Å². The SMILES string of the molecule is COc1ccc(Br)c(-c2nc(-c3ccccc3)no2)c1. The number of aromatic nitrogens is 2. The van der Waals surface area contributed by atoms with E-state index in [4.69, 9.17) is 9.26 Å². The van der Waals surface area contributed by atoms with Crippen LogP contribution in [0.2, 0.25) is 0 Å².